The molecule has 0 unspecified atom stereocenters. The van der Waals surface area contributed by atoms with Crippen LogP contribution in [-0.4, -0.2) is 22.6 Å². The molecular weight excluding hydrogens is 356 g/mol. The van der Waals surface area contributed by atoms with Crippen LogP contribution < -0.4 is 0 Å². The van der Waals surface area contributed by atoms with E-state index in [4.69, 9.17) is 5.11 Å². The highest BCUT2D eigenvalue weighted by Gasteiger charge is 2.59. The molecule has 0 spiro atoms. The topological polar surface area (TPSA) is 119 Å². The molecule has 0 bridgehead atoms. The van der Waals surface area contributed by atoms with E-state index in [0.717, 1.165) is 0 Å². The van der Waals surface area contributed by atoms with Crippen LogP contribution in [0.2, 0.25) is 0 Å². The zero-order valence-corrected chi connectivity index (χ0v) is 15.8. The van der Waals surface area contributed by atoms with Gasteiger partial charge in [-0.1, -0.05) is 32.8 Å². The minimum Gasteiger partial charge on any atom is -0.472 e. The van der Waals surface area contributed by atoms with E-state index < -0.39 is 28.0 Å². The summed E-state index contributed by atoms with van der Waals surface area (Å²) in [4.78, 5) is 36.3. The summed E-state index contributed by atoms with van der Waals surface area (Å²) in [7, 11) is 0. The number of nitriles is 2. The van der Waals surface area contributed by atoms with Crippen LogP contribution in [0.15, 0.2) is 34.9 Å². The lowest BCUT2D eigenvalue weighted by Crippen LogP contribution is -2.53. The second-order valence-electron chi connectivity index (χ2n) is 8.21. The van der Waals surface area contributed by atoms with Gasteiger partial charge >= 0.3 is 5.97 Å². The average molecular weight is 374 g/mol. The second-order valence-corrected chi connectivity index (χ2v) is 8.21. The Hall–Kier alpha value is -3.43. The molecular formula is C22H18N2O4. The van der Waals surface area contributed by atoms with Gasteiger partial charge in [-0.3, -0.25) is 9.59 Å². The van der Waals surface area contributed by atoms with Crippen LogP contribution in [0, 0.1) is 56.7 Å². The molecule has 0 amide bonds. The largest absolute Gasteiger partial charge is 0.472 e. The van der Waals surface area contributed by atoms with Crippen LogP contribution in [0.5, 0.6) is 0 Å². The van der Waals surface area contributed by atoms with Crippen molar-refractivity contribution < 1.29 is 19.5 Å². The first-order chi connectivity index (χ1) is 13.0. The number of ketones is 2. The van der Waals surface area contributed by atoms with E-state index in [-0.39, 0.29) is 22.8 Å². The Morgan fingerprint density at radius 2 is 1.79 bits per heavy atom. The maximum atomic E-state index is 12.8. The standard InChI is InChI=1S/C22H18N2O4/c1-20(2)16-4-6-22(7-5-18(26)27)10-13(11-23)15(25)8-17(22)21(16,3)9-14(12-24)19(20)28/h8-10,16H,4,6H2,1-3H3,(H,26,27)/t16-,21-,22-/m0/s1. The highest BCUT2D eigenvalue weighted by Crippen LogP contribution is 2.63. The van der Waals surface area contributed by atoms with Crippen molar-refractivity contribution in [3.8, 4) is 24.0 Å². The van der Waals surface area contributed by atoms with E-state index in [1.165, 1.54) is 12.2 Å². The summed E-state index contributed by atoms with van der Waals surface area (Å²) >= 11 is 0. The lowest BCUT2D eigenvalue weighted by Gasteiger charge is -2.56. The number of hydrogen-bond acceptors (Lipinski definition) is 5. The first-order valence-electron chi connectivity index (χ1n) is 8.85. The van der Waals surface area contributed by atoms with Crippen LogP contribution in [0.3, 0.4) is 0 Å². The molecule has 0 aromatic rings. The summed E-state index contributed by atoms with van der Waals surface area (Å²) in [5.74, 6) is 2.68. The third kappa shape index (κ3) is 2.52. The maximum Gasteiger partial charge on any atom is 0.381 e. The predicted molar refractivity (Wildman–Crippen MR) is 97.9 cm³/mol. The van der Waals surface area contributed by atoms with Gasteiger partial charge in [0.25, 0.3) is 0 Å². The van der Waals surface area contributed by atoms with Gasteiger partial charge in [0, 0.05) is 16.8 Å². The normalized spacial score (nSPS) is 32.8. The molecule has 0 aromatic carbocycles. The zero-order chi connectivity index (χ0) is 20.9. The van der Waals surface area contributed by atoms with Gasteiger partial charge in [0.2, 0.25) is 0 Å². The maximum absolute atomic E-state index is 12.8. The van der Waals surface area contributed by atoms with Gasteiger partial charge in [0.1, 0.15) is 12.1 Å². The van der Waals surface area contributed by atoms with E-state index in [0.29, 0.717) is 18.4 Å². The van der Waals surface area contributed by atoms with Crippen LogP contribution in [0.25, 0.3) is 0 Å². The predicted octanol–water partition coefficient (Wildman–Crippen LogP) is 2.50. The Bertz CT molecular complexity index is 1060. The van der Waals surface area contributed by atoms with Gasteiger partial charge in [0.05, 0.1) is 16.6 Å². The number of allylic oxidation sites excluding steroid dienone is 6. The van der Waals surface area contributed by atoms with Gasteiger partial charge in [-0.2, -0.15) is 10.5 Å². The SMILES string of the molecule is CC1(C)C(=O)C(C#N)=C[C@]2(C)C3=CC(=O)C(C#N)=C[C@@]3(C#CC(=O)O)CC[C@@H]12. The van der Waals surface area contributed by atoms with E-state index >= 15 is 0 Å². The molecule has 0 saturated heterocycles. The van der Waals surface area contributed by atoms with Crippen molar-refractivity contribution in [1.29, 1.82) is 10.5 Å². The van der Waals surface area contributed by atoms with Gasteiger partial charge in [-0.15, -0.1) is 0 Å². The number of carboxylic acid groups (broad SMARTS) is 1. The molecule has 3 rings (SSSR count). The average Bonchev–Trinajstić information content (AvgIpc) is 2.63. The number of nitrogens with zero attached hydrogens (tertiary/aromatic N) is 2. The quantitative estimate of drug-likeness (QED) is 0.651. The Morgan fingerprint density at radius 3 is 2.36 bits per heavy atom. The van der Waals surface area contributed by atoms with Crippen molar-refractivity contribution in [3.05, 3.63) is 34.9 Å². The van der Waals surface area contributed by atoms with Crippen molar-refractivity contribution in [2.75, 3.05) is 0 Å². The molecule has 3 aliphatic carbocycles. The first kappa shape index (κ1) is 19.3. The van der Waals surface area contributed by atoms with Crippen molar-refractivity contribution in [2.24, 2.45) is 22.2 Å². The molecule has 0 radical (unpaired) electrons. The lowest BCUT2D eigenvalue weighted by molar-refractivity contribution is -0.130. The number of rotatable bonds is 0. The number of Topliss-reactive ketones (excluding diaryl/α,β-unsaturated/α-hetero) is 1. The minimum atomic E-state index is -1.31. The van der Waals surface area contributed by atoms with Crippen molar-refractivity contribution in [1.82, 2.24) is 0 Å². The van der Waals surface area contributed by atoms with E-state index in [1.807, 2.05) is 19.1 Å². The second kappa shape index (κ2) is 6.04. The molecule has 28 heavy (non-hydrogen) atoms. The molecule has 3 atom stereocenters. The van der Waals surface area contributed by atoms with Crippen molar-refractivity contribution in [2.45, 2.75) is 33.6 Å². The summed E-state index contributed by atoms with van der Waals surface area (Å²) < 4.78 is 0. The highest BCUT2D eigenvalue weighted by atomic mass is 16.4. The molecule has 1 saturated carbocycles. The fraction of sp³-hybridized carbons (Fsp3) is 0.409. The molecule has 1 fully saturated rings. The summed E-state index contributed by atoms with van der Waals surface area (Å²) in [5, 5.41) is 27.8. The Balaban J connectivity index is 2.33. The third-order valence-electron chi connectivity index (χ3n) is 6.32. The third-order valence-corrected chi connectivity index (χ3v) is 6.32. The number of carboxylic acids is 1. The Kier molecular flexibility index (Phi) is 4.17. The Labute approximate surface area is 162 Å². The molecule has 0 aliphatic heterocycles. The van der Waals surface area contributed by atoms with Gasteiger partial charge in [-0.05, 0) is 36.5 Å². The molecule has 0 aromatic heterocycles. The molecule has 3 aliphatic rings. The summed E-state index contributed by atoms with van der Waals surface area (Å²) in [6.07, 6.45) is 5.29. The van der Waals surface area contributed by atoms with Crippen LogP contribution >= 0.6 is 0 Å². The Morgan fingerprint density at radius 1 is 1.14 bits per heavy atom. The highest BCUT2D eigenvalue weighted by molar-refractivity contribution is 6.10. The molecule has 0 heterocycles. The van der Waals surface area contributed by atoms with E-state index in [9.17, 15) is 24.9 Å². The van der Waals surface area contributed by atoms with Crippen LogP contribution in [0.4, 0.5) is 0 Å². The smallest absolute Gasteiger partial charge is 0.381 e. The molecule has 6 heteroatoms. The van der Waals surface area contributed by atoms with Crippen molar-refractivity contribution >= 4 is 17.5 Å². The number of carbonyl (C=O) groups is 3. The van der Waals surface area contributed by atoms with E-state index in [2.05, 4.69) is 11.8 Å². The first-order valence-corrected chi connectivity index (χ1v) is 8.85. The molecule has 140 valence electrons. The number of hydrogen-bond donors (Lipinski definition) is 1. The monoisotopic (exact) mass is 374 g/mol. The lowest BCUT2D eigenvalue weighted by atomic mass is 9.45. The fourth-order valence-electron chi connectivity index (χ4n) is 5.10. The number of carbonyl (C=O) groups excluding carboxylic acids is 2. The summed E-state index contributed by atoms with van der Waals surface area (Å²) in [6.45, 7) is 5.43. The molecule has 6 nitrogen and oxygen atoms in total. The summed E-state index contributed by atoms with van der Waals surface area (Å²) in [5.41, 5.74) is -2.29. The number of fused-ring (bicyclic) bond motifs is 3. The van der Waals surface area contributed by atoms with E-state index in [1.54, 1.807) is 19.9 Å². The van der Waals surface area contributed by atoms with Gasteiger partial charge in [0.15, 0.2) is 11.6 Å². The van der Waals surface area contributed by atoms with Gasteiger partial charge < -0.3 is 5.11 Å². The van der Waals surface area contributed by atoms with Gasteiger partial charge in [-0.25, -0.2) is 4.79 Å². The van der Waals surface area contributed by atoms with Crippen LogP contribution in [0.1, 0.15) is 33.6 Å². The molecule has 1 N–H and O–H groups in total. The van der Waals surface area contributed by atoms with Crippen molar-refractivity contribution in [3.63, 3.8) is 0 Å². The fourth-order valence-corrected chi connectivity index (χ4v) is 5.10. The minimum absolute atomic E-state index is 0.0224. The summed E-state index contributed by atoms with van der Waals surface area (Å²) in [6, 6.07) is 3.82. The zero-order valence-electron chi connectivity index (χ0n) is 15.8. The van der Waals surface area contributed by atoms with Crippen LogP contribution in [-0.2, 0) is 14.4 Å². The number of aliphatic carboxylic acids is 1.